The van der Waals surface area contributed by atoms with Crippen molar-refractivity contribution in [1.82, 2.24) is 9.29 Å². The number of aryl methyl sites for hydroxylation is 2. The highest BCUT2D eigenvalue weighted by Gasteiger charge is 2.37. The fraction of sp³-hybridized carbons (Fsp3) is 0.286. The monoisotopic (exact) mass is 431 g/mol. The van der Waals surface area contributed by atoms with E-state index in [0.717, 1.165) is 11.1 Å². The lowest BCUT2D eigenvalue weighted by molar-refractivity contribution is 0.385. The second kappa shape index (κ2) is 8.53. The number of hydrogen-bond donors (Lipinski definition) is 4. The molecule has 0 aliphatic rings. The minimum atomic E-state index is -3.68. The van der Waals surface area contributed by atoms with Crippen LogP contribution in [-0.2, 0) is 27.6 Å². The summed E-state index contributed by atoms with van der Waals surface area (Å²) in [5.41, 5.74) is 5.01. The quantitative estimate of drug-likeness (QED) is 0.331. The lowest BCUT2D eigenvalue weighted by Crippen LogP contribution is -2.40. The lowest BCUT2D eigenvalue weighted by Gasteiger charge is -2.17. The Bertz CT molecular complexity index is 1190. The van der Waals surface area contributed by atoms with Crippen molar-refractivity contribution in [3.63, 3.8) is 0 Å². The Morgan fingerprint density at radius 2 is 2.03 bits per heavy atom. The Labute approximate surface area is 175 Å². The second-order valence-corrected chi connectivity index (χ2v) is 9.11. The molecule has 1 heterocycles. The summed E-state index contributed by atoms with van der Waals surface area (Å²) in [5.74, 6) is -0.386. The van der Waals surface area contributed by atoms with Gasteiger partial charge in [-0.25, -0.2) is 4.39 Å². The molecule has 9 heteroatoms. The van der Waals surface area contributed by atoms with Crippen LogP contribution in [0.3, 0.4) is 0 Å². The number of nitrogens with zero attached hydrogens (tertiary/aromatic N) is 2. The van der Waals surface area contributed by atoms with Crippen LogP contribution in [0, 0.1) is 31.0 Å². The van der Waals surface area contributed by atoms with Crippen molar-refractivity contribution in [2.75, 3.05) is 5.48 Å². The molecule has 0 radical (unpaired) electrons. The van der Waals surface area contributed by atoms with E-state index < -0.39 is 16.4 Å². The molecule has 0 aliphatic carbocycles. The SMILES string of the molecule is Cc1cc(C)c([S+](=O)(O)N[C@@H](C)Cn2cc(CC#N)c3cc(F)ccc32)c(NO)c1. The summed E-state index contributed by atoms with van der Waals surface area (Å²) < 4.78 is 42.1. The van der Waals surface area contributed by atoms with Crippen molar-refractivity contribution < 1.29 is 18.4 Å². The maximum atomic E-state index is 13.7. The molecule has 3 aromatic rings. The number of halogens is 1. The third-order valence-corrected chi connectivity index (χ3v) is 6.66. The summed E-state index contributed by atoms with van der Waals surface area (Å²) in [7, 11) is -3.68. The summed E-state index contributed by atoms with van der Waals surface area (Å²) in [4.78, 5) is 0.0899. The topological polar surface area (TPSA) is 110 Å². The van der Waals surface area contributed by atoms with Crippen molar-refractivity contribution in [3.8, 4) is 6.07 Å². The molecule has 0 fully saturated rings. The van der Waals surface area contributed by atoms with Crippen LogP contribution in [0.2, 0.25) is 0 Å². The number of benzene rings is 2. The van der Waals surface area contributed by atoms with Crippen molar-refractivity contribution in [2.24, 2.45) is 0 Å². The molecule has 158 valence electrons. The van der Waals surface area contributed by atoms with Crippen molar-refractivity contribution in [3.05, 3.63) is 59.0 Å². The third-order valence-electron chi connectivity index (χ3n) is 4.84. The molecular weight excluding hydrogens is 407 g/mol. The Kier molecular flexibility index (Phi) is 6.24. The van der Waals surface area contributed by atoms with Crippen molar-refractivity contribution >= 4 is 27.0 Å². The summed E-state index contributed by atoms with van der Waals surface area (Å²) in [6.07, 6.45) is 1.90. The third kappa shape index (κ3) is 4.37. The van der Waals surface area contributed by atoms with Crippen LogP contribution in [0.1, 0.15) is 23.6 Å². The second-order valence-electron chi connectivity index (χ2n) is 7.42. The van der Waals surface area contributed by atoms with Gasteiger partial charge in [0.2, 0.25) is 4.90 Å². The van der Waals surface area contributed by atoms with Crippen LogP contribution in [0.15, 0.2) is 41.4 Å². The van der Waals surface area contributed by atoms with Gasteiger partial charge in [0.05, 0.1) is 18.5 Å². The van der Waals surface area contributed by atoms with Gasteiger partial charge < -0.3 is 4.57 Å². The van der Waals surface area contributed by atoms with Crippen LogP contribution in [-0.4, -0.2) is 20.4 Å². The Balaban J connectivity index is 1.90. The molecular formula is C21H24FN4O3S+. The molecule has 2 atom stereocenters. The average molecular weight is 432 g/mol. The van der Waals surface area contributed by atoms with E-state index in [1.165, 1.54) is 12.1 Å². The van der Waals surface area contributed by atoms with E-state index in [2.05, 4.69) is 10.8 Å². The van der Waals surface area contributed by atoms with Gasteiger partial charge in [-0.05, 0) is 60.4 Å². The highest BCUT2D eigenvalue weighted by Crippen LogP contribution is 2.30. The number of hydrogen-bond acceptors (Lipinski definition) is 4. The molecule has 0 spiro atoms. The zero-order valence-corrected chi connectivity index (χ0v) is 17.8. The maximum absolute atomic E-state index is 13.7. The number of fused-ring (bicyclic) bond motifs is 1. The summed E-state index contributed by atoms with van der Waals surface area (Å²) >= 11 is 0. The van der Waals surface area contributed by atoms with Crippen LogP contribution in [0.4, 0.5) is 10.1 Å². The van der Waals surface area contributed by atoms with E-state index in [4.69, 9.17) is 5.26 Å². The molecule has 0 saturated carbocycles. The van der Waals surface area contributed by atoms with Crippen LogP contribution in [0.5, 0.6) is 0 Å². The van der Waals surface area contributed by atoms with Gasteiger partial charge in [0.15, 0.2) is 0 Å². The summed E-state index contributed by atoms with van der Waals surface area (Å²) in [5, 5.41) is 19.1. The number of nitrogens with one attached hydrogen (secondary N) is 2. The minimum absolute atomic E-state index is 0.0899. The predicted octanol–water partition coefficient (Wildman–Crippen LogP) is 4.19. The standard InChI is InChI=1S/C21H23FN4O3S/c1-13-8-14(2)21(19(9-13)24-27)30(28,29)25-15(3)11-26-12-16(6-7-23)18-10-17(22)4-5-20(18)26/h4-5,8-10,12,15,24,27H,6,11H2,1-3H3,(H-,25,28,29)/p+1/t15-/m0/s1. The number of rotatable bonds is 7. The largest absolute Gasteiger partial charge is 0.345 e. The fourth-order valence-electron chi connectivity index (χ4n) is 3.79. The molecule has 1 unspecified atom stereocenters. The molecule has 1 aromatic heterocycles. The molecule has 0 saturated heterocycles. The molecule has 7 nitrogen and oxygen atoms in total. The van der Waals surface area contributed by atoms with E-state index in [9.17, 15) is 18.4 Å². The van der Waals surface area contributed by atoms with Gasteiger partial charge in [-0.15, -0.1) is 0 Å². The number of aromatic nitrogens is 1. The zero-order chi connectivity index (χ0) is 22.1. The van der Waals surface area contributed by atoms with Crippen LogP contribution in [0.25, 0.3) is 10.9 Å². The lowest BCUT2D eigenvalue weighted by atomic mass is 10.1. The van der Waals surface area contributed by atoms with E-state index in [-0.39, 0.29) is 22.8 Å². The van der Waals surface area contributed by atoms with E-state index in [0.29, 0.717) is 23.1 Å². The summed E-state index contributed by atoms with van der Waals surface area (Å²) in [6.45, 7) is 5.60. The molecule has 3 rings (SSSR count). The van der Waals surface area contributed by atoms with Crippen molar-refractivity contribution in [1.29, 1.82) is 5.26 Å². The van der Waals surface area contributed by atoms with Crippen LogP contribution < -0.4 is 10.2 Å². The summed E-state index contributed by atoms with van der Waals surface area (Å²) in [6, 6.07) is 9.34. The van der Waals surface area contributed by atoms with Gasteiger partial charge >= 0.3 is 10.4 Å². The van der Waals surface area contributed by atoms with Gasteiger partial charge in [-0.2, -0.15) is 9.81 Å². The first-order valence-corrected chi connectivity index (χ1v) is 10.9. The molecule has 4 N–H and O–H groups in total. The van der Waals surface area contributed by atoms with E-state index in [1.807, 2.05) is 17.0 Å². The predicted molar refractivity (Wildman–Crippen MR) is 114 cm³/mol. The Hall–Kier alpha value is -2.77. The molecule has 30 heavy (non-hydrogen) atoms. The van der Waals surface area contributed by atoms with Crippen LogP contribution >= 0.6 is 0 Å². The number of anilines is 1. The fourth-order valence-corrected chi connectivity index (χ4v) is 5.42. The normalized spacial score (nSPS) is 14.3. The number of nitriles is 1. The Morgan fingerprint density at radius 1 is 1.30 bits per heavy atom. The first-order valence-electron chi connectivity index (χ1n) is 9.35. The highest BCUT2D eigenvalue weighted by atomic mass is 32.3. The Morgan fingerprint density at radius 3 is 2.70 bits per heavy atom. The van der Waals surface area contributed by atoms with Gasteiger partial charge in [0.1, 0.15) is 11.5 Å². The van der Waals surface area contributed by atoms with E-state index in [1.54, 1.807) is 38.2 Å². The first-order chi connectivity index (χ1) is 14.2. The molecule has 0 amide bonds. The minimum Gasteiger partial charge on any atom is -0.345 e. The molecule has 2 aromatic carbocycles. The zero-order valence-electron chi connectivity index (χ0n) is 16.9. The molecule has 0 aliphatic heterocycles. The maximum Gasteiger partial charge on any atom is 0.326 e. The van der Waals surface area contributed by atoms with Crippen molar-refractivity contribution in [2.45, 2.75) is 44.7 Å². The first kappa shape index (κ1) is 21.9. The highest BCUT2D eigenvalue weighted by molar-refractivity contribution is 7.96. The van der Waals surface area contributed by atoms with Gasteiger partial charge in [0.25, 0.3) is 0 Å². The van der Waals surface area contributed by atoms with Gasteiger partial charge in [0, 0.05) is 29.2 Å². The molecule has 0 bridgehead atoms. The van der Waals surface area contributed by atoms with E-state index >= 15 is 0 Å². The van der Waals surface area contributed by atoms with Gasteiger partial charge in [-0.3, -0.25) is 10.7 Å². The smallest absolute Gasteiger partial charge is 0.326 e. The average Bonchev–Trinajstić information content (AvgIpc) is 2.96. The van der Waals surface area contributed by atoms with Gasteiger partial charge in [-0.1, -0.05) is 10.8 Å².